The SMILES string of the molecule is Cc1ccc(NC(=O)N[C@H](CO)C(=O)O)cc1N(C)C. The molecule has 0 aromatic heterocycles. The van der Waals surface area contributed by atoms with Crippen LogP contribution in [-0.2, 0) is 4.79 Å². The van der Waals surface area contributed by atoms with E-state index in [9.17, 15) is 9.59 Å². The Bertz CT molecular complexity index is 502. The minimum atomic E-state index is -1.33. The molecule has 0 unspecified atom stereocenters. The van der Waals surface area contributed by atoms with Crippen molar-refractivity contribution in [3.8, 4) is 0 Å². The lowest BCUT2D eigenvalue weighted by Gasteiger charge is -2.18. The highest BCUT2D eigenvalue weighted by molar-refractivity contribution is 5.92. The number of carbonyl (C=O) groups is 2. The van der Waals surface area contributed by atoms with Crippen molar-refractivity contribution < 1.29 is 19.8 Å². The number of benzene rings is 1. The highest BCUT2D eigenvalue weighted by Gasteiger charge is 2.18. The van der Waals surface area contributed by atoms with Crippen LogP contribution in [0.5, 0.6) is 0 Å². The van der Waals surface area contributed by atoms with E-state index in [1.165, 1.54) is 0 Å². The summed E-state index contributed by atoms with van der Waals surface area (Å²) >= 11 is 0. The molecule has 0 radical (unpaired) electrons. The summed E-state index contributed by atoms with van der Waals surface area (Å²) in [5, 5.41) is 22.3. The molecule has 0 aliphatic rings. The summed E-state index contributed by atoms with van der Waals surface area (Å²) in [6.07, 6.45) is 0. The quantitative estimate of drug-likeness (QED) is 0.634. The van der Waals surface area contributed by atoms with Crippen molar-refractivity contribution in [1.29, 1.82) is 0 Å². The fraction of sp³-hybridized carbons (Fsp3) is 0.385. The molecule has 0 saturated heterocycles. The fourth-order valence-electron chi connectivity index (χ4n) is 1.68. The molecule has 4 N–H and O–H groups in total. The molecule has 0 bridgehead atoms. The maximum atomic E-state index is 11.6. The summed E-state index contributed by atoms with van der Waals surface area (Å²) in [6.45, 7) is 1.28. The zero-order valence-electron chi connectivity index (χ0n) is 11.7. The van der Waals surface area contributed by atoms with Gasteiger partial charge in [0.1, 0.15) is 0 Å². The molecular formula is C13H19N3O4. The van der Waals surface area contributed by atoms with E-state index in [1.807, 2.05) is 32.0 Å². The number of hydrogen-bond acceptors (Lipinski definition) is 4. The first-order valence-corrected chi connectivity index (χ1v) is 6.04. The predicted octanol–water partition coefficient (Wildman–Crippen LogP) is 0.628. The van der Waals surface area contributed by atoms with Crippen LogP contribution in [0.1, 0.15) is 5.56 Å². The zero-order valence-corrected chi connectivity index (χ0v) is 11.7. The third-order valence-corrected chi connectivity index (χ3v) is 2.73. The van der Waals surface area contributed by atoms with Crippen LogP contribution in [0.4, 0.5) is 16.2 Å². The minimum absolute atomic E-state index is 0.541. The van der Waals surface area contributed by atoms with Crippen LogP contribution in [0.2, 0.25) is 0 Å². The second kappa shape index (κ2) is 6.76. The van der Waals surface area contributed by atoms with Crippen molar-refractivity contribution in [3.05, 3.63) is 23.8 Å². The van der Waals surface area contributed by atoms with E-state index < -0.39 is 24.6 Å². The van der Waals surface area contributed by atoms with E-state index in [-0.39, 0.29) is 0 Å². The van der Waals surface area contributed by atoms with Gasteiger partial charge in [0.05, 0.1) is 6.61 Å². The summed E-state index contributed by atoms with van der Waals surface area (Å²) in [7, 11) is 3.77. The standard InChI is InChI=1S/C13H19N3O4/c1-8-4-5-9(6-11(8)16(2)3)14-13(20)15-10(7-17)12(18)19/h4-6,10,17H,7H2,1-3H3,(H,18,19)(H2,14,15,20)/t10-/m1/s1. The number of rotatable bonds is 5. The van der Waals surface area contributed by atoms with Gasteiger partial charge in [0, 0.05) is 25.5 Å². The Morgan fingerprint density at radius 3 is 2.50 bits per heavy atom. The lowest BCUT2D eigenvalue weighted by atomic mass is 10.1. The van der Waals surface area contributed by atoms with Gasteiger partial charge in [-0.05, 0) is 24.6 Å². The number of carboxylic acid groups (broad SMARTS) is 1. The number of carboxylic acids is 1. The van der Waals surface area contributed by atoms with Crippen LogP contribution < -0.4 is 15.5 Å². The summed E-state index contributed by atoms with van der Waals surface area (Å²) in [5.74, 6) is -1.29. The van der Waals surface area contributed by atoms with Crippen molar-refractivity contribution in [2.75, 3.05) is 30.9 Å². The summed E-state index contributed by atoms with van der Waals surface area (Å²) < 4.78 is 0. The zero-order chi connectivity index (χ0) is 15.3. The van der Waals surface area contributed by atoms with E-state index >= 15 is 0 Å². The molecule has 0 heterocycles. The summed E-state index contributed by atoms with van der Waals surface area (Å²) in [6, 6.07) is 3.35. The van der Waals surface area contributed by atoms with Gasteiger partial charge in [-0.25, -0.2) is 9.59 Å². The first kappa shape index (κ1) is 15.8. The van der Waals surface area contributed by atoms with Gasteiger partial charge in [0.25, 0.3) is 0 Å². The Labute approximate surface area is 117 Å². The lowest BCUT2D eigenvalue weighted by molar-refractivity contribution is -0.140. The normalized spacial score (nSPS) is 11.6. The Hall–Kier alpha value is -2.28. The molecule has 2 amide bonds. The smallest absolute Gasteiger partial charge is 0.328 e. The molecule has 1 aromatic rings. The molecule has 7 heteroatoms. The average molecular weight is 281 g/mol. The average Bonchev–Trinajstić information content (AvgIpc) is 2.37. The van der Waals surface area contributed by atoms with Crippen LogP contribution in [0.15, 0.2) is 18.2 Å². The van der Waals surface area contributed by atoms with Crippen molar-refractivity contribution in [2.24, 2.45) is 0 Å². The first-order chi connectivity index (χ1) is 9.35. The van der Waals surface area contributed by atoms with Gasteiger partial charge < -0.3 is 25.7 Å². The number of nitrogens with zero attached hydrogens (tertiary/aromatic N) is 1. The van der Waals surface area contributed by atoms with Crippen molar-refractivity contribution >= 4 is 23.4 Å². The number of urea groups is 1. The van der Waals surface area contributed by atoms with Crippen LogP contribution in [0.25, 0.3) is 0 Å². The Morgan fingerprint density at radius 2 is 2.00 bits per heavy atom. The van der Waals surface area contributed by atoms with Crippen molar-refractivity contribution in [3.63, 3.8) is 0 Å². The van der Waals surface area contributed by atoms with Crippen LogP contribution in [0.3, 0.4) is 0 Å². The van der Waals surface area contributed by atoms with Gasteiger partial charge >= 0.3 is 12.0 Å². The van der Waals surface area contributed by atoms with E-state index in [0.29, 0.717) is 5.69 Å². The third kappa shape index (κ3) is 4.13. The van der Waals surface area contributed by atoms with Crippen molar-refractivity contribution in [1.82, 2.24) is 5.32 Å². The molecule has 1 rings (SSSR count). The third-order valence-electron chi connectivity index (χ3n) is 2.73. The van der Waals surface area contributed by atoms with E-state index in [0.717, 1.165) is 11.3 Å². The molecule has 0 saturated carbocycles. The number of amides is 2. The Morgan fingerprint density at radius 1 is 1.35 bits per heavy atom. The largest absolute Gasteiger partial charge is 0.480 e. The lowest BCUT2D eigenvalue weighted by Crippen LogP contribution is -2.45. The van der Waals surface area contributed by atoms with Gasteiger partial charge in [0.2, 0.25) is 0 Å². The van der Waals surface area contributed by atoms with Gasteiger partial charge in [0.15, 0.2) is 6.04 Å². The number of nitrogens with one attached hydrogen (secondary N) is 2. The topological polar surface area (TPSA) is 102 Å². The molecular weight excluding hydrogens is 262 g/mol. The van der Waals surface area contributed by atoms with Gasteiger partial charge in [-0.15, -0.1) is 0 Å². The van der Waals surface area contributed by atoms with Gasteiger partial charge in [-0.2, -0.15) is 0 Å². The van der Waals surface area contributed by atoms with Crippen LogP contribution in [0, 0.1) is 6.92 Å². The predicted molar refractivity (Wildman–Crippen MR) is 76.2 cm³/mol. The second-order valence-corrected chi connectivity index (χ2v) is 4.57. The number of aliphatic hydroxyl groups is 1. The highest BCUT2D eigenvalue weighted by Crippen LogP contribution is 2.22. The monoisotopic (exact) mass is 281 g/mol. The molecule has 0 aliphatic heterocycles. The summed E-state index contributed by atoms with van der Waals surface area (Å²) in [5.41, 5.74) is 2.54. The van der Waals surface area contributed by atoms with Crippen molar-refractivity contribution in [2.45, 2.75) is 13.0 Å². The van der Waals surface area contributed by atoms with Gasteiger partial charge in [-0.3, -0.25) is 0 Å². The maximum absolute atomic E-state index is 11.6. The summed E-state index contributed by atoms with van der Waals surface area (Å²) in [4.78, 5) is 24.2. The number of aliphatic carboxylic acids is 1. The molecule has 7 nitrogen and oxygen atoms in total. The molecule has 0 spiro atoms. The molecule has 1 atom stereocenters. The Kier molecular flexibility index (Phi) is 5.33. The number of carbonyl (C=O) groups excluding carboxylic acids is 1. The number of hydrogen-bond donors (Lipinski definition) is 4. The van der Waals surface area contributed by atoms with E-state index in [4.69, 9.17) is 10.2 Å². The molecule has 110 valence electrons. The molecule has 0 aliphatic carbocycles. The molecule has 20 heavy (non-hydrogen) atoms. The minimum Gasteiger partial charge on any atom is -0.480 e. The van der Waals surface area contributed by atoms with Gasteiger partial charge in [-0.1, -0.05) is 6.07 Å². The van der Waals surface area contributed by atoms with E-state index in [1.54, 1.807) is 12.1 Å². The molecule has 1 aromatic carbocycles. The number of aryl methyl sites for hydroxylation is 1. The fourth-order valence-corrected chi connectivity index (χ4v) is 1.68. The number of anilines is 2. The Balaban J connectivity index is 2.76. The second-order valence-electron chi connectivity index (χ2n) is 4.57. The van der Waals surface area contributed by atoms with Crippen LogP contribution in [-0.4, -0.2) is 49.0 Å². The highest BCUT2D eigenvalue weighted by atomic mass is 16.4. The maximum Gasteiger partial charge on any atom is 0.328 e. The molecule has 0 fully saturated rings. The number of aliphatic hydroxyl groups excluding tert-OH is 1. The van der Waals surface area contributed by atoms with Crippen LogP contribution >= 0.6 is 0 Å². The van der Waals surface area contributed by atoms with E-state index in [2.05, 4.69) is 10.6 Å². The first-order valence-electron chi connectivity index (χ1n) is 6.04.